The van der Waals surface area contributed by atoms with Gasteiger partial charge in [-0.25, -0.2) is 4.98 Å². The molecule has 0 saturated heterocycles. The van der Waals surface area contributed by atoms with Crippen molar-refractivity contribution in [2.75, 3.05) is 29.9 Å². The molecule has 2 heterocycles. The van der Waals surface area contributed by atoms with Crippen LogP contribution in [0.25, 0.3) is 11.1 Å². The molecule has 2 aromatic carbocycles. The molecule has 0 aliphatic carbocycles. The van der Waals surface area contributed by atoms with Gasteiger partial charge in [-0.2, -0.15) is 5.11 Å². The number of nitrogens with one attached hydrogen (secondary N) is 1. The molecule has 8 heteroatoms. The van der Waals surface area contributed by atoms with Gasteiger partial charge in [0.05, 0.1) is 34.2 Å². The van der Waals surface area contributed by atoms with Crippen LogP contribution in [0, 0.1) is 18.8 Å². The highest BCUT2D eigenvalue weighted by atomic mass is 32.1. The summed E-state index contributed by atoms with van der Waals surface area (Å²) in [4.78, 5) is 20.0. The molecular formula is C28H34N6OS. The number of carbonyl (C=O) groups is 1. The van der Waals surface area contributed by atoms with E-state index in [0.717, 1.165) is 57.6 Å². The van der Waals surface area contributed by atoms with Crippen molar-refractivity contribution in [2.45, 2.75) is 41.0 Å². The largest absolute Gasteiger partial charge is 0.369 e. The first-order valence-electron chi connectivity index (χ1n) is 12.4. The number of hydrogen-bond donors (Lipinski definition) is 1. The summed E-state index contributed by atoms with van der Waals surface area (Å²) < 4.78 is 0. The van der Waals surface area contributed by atoms with Gasteiger partial charge < -0.3 is 10.2 Å². The molecule has 1 aliphatic heterocycles. The molecule has 1 amide bonds. The third-order valence-electron chi connectivity index (χ3n) is 5.79. The minimum atomic E-state index is -0.0706. The van der Waals surface area contributed by atoms with Gasteiger partial charge in [0.25, 0.3) is 0 Å². The summed E-state index contributed by atoms with van der Waals surface area (Å²) in [6, 6.07) is 14.5. The van der Waals surface area contributed by atoms with Gasteiger partial charge in [-0.15, -0.1) is 16.4 Å². The van der Waals surface area contributed by atoms with E-state index in [1.165, 1.54) is 0 Å². The van der Waals surface area contributed by atoms with Crippen LogP contribution in [-0.2, 0) is 11.2 Å². The number of benzene rings is 2. The van der Waals surface area contributed by atoms with E-state index >= 15 is 0 Å². The molecule has 0 unspecified atom stereocenters. The molecule has 0 spiro atoms. The Morgan fingerprint density at radius 3 is 2.39 bits per heavy atom. The van der Waals surface area contributed by atoms with Crippen LogP contribution in [0.5, 0.6) is 0 Å². The Labute approximate surface area is 217 Å². The summed E-state index contributed by atoms with van der Waals surface area (Å²) in [6.07, 6.45) is 0.249. The molecule has 7 nitrogen and oxygen atoms in total. The SMILES string of the molecule is Cc1nc(CC(=O)Nc2cc(-c3ccccc3C3=NN=NC3)ccc2N(CC(C)C)CC(C)C)cs1. The van der Waals surface area contributed by atoms with Gasteiger partial charge in [-0.3, -0.25) is 4.79 Å². The van der Waals surface area contributed by atoms with Gasteiger partial charge in [0.15, 0.2) is 0 Å². The molecule has 1 aromatic heterocycles. The summed E-state index contributed by atoms with van der Waals surface area (Å²) >= 11 is 1.56. The molecule has 0 radical (unpaired) electrons. The summed E-state index contributed by atoms with van der Waals surface area (Å²) in [7, 11) is 0. The fourth-order valence-electron chi connectivity index (χ4n) is 4.42. The zero-order valence-electron chi connectivity index (χ0n) is 21.7. The minimum Gasteiger partial charge on any atom is -0.369 e. The Morgan fingerprint density at radius 1 is 1.06 bits per heavy atom. The minimum absolute atomic E-state index is 0.0706. The maximum Gasteiger partial charge on any atom is 0.230 e. The number of anilines is 2. The van der Waals surface area contributed by atoms with Gasteiger partial charge in [-0.05, 0) is 47.2 Å². The number of carbonyl (C=O) groups excluding carboxylic acids is 1. The molecule has 0 saturated carbocycles. The first-order chi connectivity index (χ1) is 17.3. The molecule has 36 heavy (non-hydrogen) atoms. The second-order valence-corrected chi connectivity index (χ2v) is 11.1. The Kier molecular flexibility index (Phi) is 8.25. The van der Waals surface area contributed by atoms with E-state index in [2.05, 4.69) is 82.6 Å². The average molecular weight is 503 g/mol. The second kappa shape index (κ2) is 11.6. The fourth-order valence-corrected chi connectivity index (χ4v) is 5.03. The van der Waals surface area contributed by atoms with Crippen LogP contribution in [0.15, 0.2) is 63.3 Å². The highest BCUT2D eigenvalue weighted by molar-refractivity contribution is 7.09. The lowest BCUT2D eigenvalue weighted by molar-refractivity contribution is -0.115. The van der Waals surface area contributed by atoms with Crippen LogP contribution < -0.4 is 10.2 Å². The van der Waals surface area contributed by atoms with Crippen molar-refractivity contribution in [1.29, 1.82) is 0 Å². The van der Waals surface area contributed by atoms with E-state index in [1.807, 2.05) is 30.5 Å². The molecule has 0 fully saturated rings. The van der Waals surface area contributed by atoms with E-state index in [1.54, 1.807) is 11.3 Å². The Bertz CT molecular complexity index is 1270. The molecular weight excluding hydrogens is 468 g/mol. The van der Waals surface area contributed by atoms with Crippen molar-refractivity contribution in [3.63, 3.8) is 0 Å². The van der Waals surface area contributed by atoms with Crippen LogP contribution in [0.1, 0.15) is 44.0 Å². The lowest BCUT2D eigenvalue weighted by Crippen LogP contribution is -2.32. The van der Waals surface area contributed by atoms with E-state index in [9.17, 15) is 4.79 Å². The van der Waals surface area contributed by atoms with E-state index < -0.39 is 0 Å². The Morgan fingerprint density at radius 2 is 1.78 bits per heavy atom. The third-order valence-corrected chi connectivity index (χ3v) is 6.61. The first-order valence-corrected chi connectivity index (χ1v) is 13.3. The van der Waals surface area contributed by atoms with Crippen LogP contribution >= 0.6 is 11.3 Å². The van der Waals surface area contributed by atoms with Gasteiger partial charge in [0, 0.05) is 24.0 Å². The van der Waals surface area contributed by atoms with Gasteiger partial charge >= 0.3 is 0 Å². The van der Waals surface area contributed by atoms with Crippen molar-refractivity contribution in [3.05, 3.63) is 64.1 Å². The zero-order chi connectivity index (χ0) is 25.7. The Balaban J connectivity index is 1.73. The van der Waals surface area contributed by atoms with Crippen molar-refractivity contribution in [3.8, 4) is 11.1 Å². The summed E-state index contributed by atoms with van der Waals surface area (Å²) in [5.41, 5.74) is 6.55. The molecule has 1 aliphatic rings. The van der Waals surface area contributed by atoms with Gasteiger partial charge in [0.2, 0.25) is 5.91 Å². The van der Waals surface area contributed by atoms with E-state index in [0.29, 0.717) is 18.4 Å². The number of hydrogen-bond acceptors (Lipinski definition) is 7. The van der Waals surface area contributed by atoms with Crippen LogP contribution in [0.3, 0.4) is 0 Å². The molecule has 0 atom stereocenters. The number of amides is 1. The molecule has 4 rings (SSSR count). The standard InChI is InChI=1S/C28H34N6OS/c1-18(2)15-34(16-19(3)4)27-11-10-21(23-8-6-7-9-24(23)26-14-29-33-32-26)12-25(27)31-28(35)13-22-17-36-20(5)30-22/h6-12,17-19H,13-16H2,1-5H3,(H,31,35). The van der Waals surface area contributed by atoms with Crippen LogP contribution in [0.2, 0.25) is 0 Å². The predicted octanol–water partition coefficient (Wildman–Crippen LogP) is 6.59. The maximum absolute atomic E-state index is 13.1. The highest BCUT2D eigenvalue weighted by Crippen LogP contribution is 2.34. The summed E-state index contributed by atoms with van der Waals surface area (Å²) in [5, 5.41) is 18.2. The molecule has 3 aromatic rings. The van der Waals surface area contributed by atoms with Crippen molar-refractivity contribution in [2.24, 2.45) is 27.3 Å². The van der Waals surface area contributed by atoms with Crippen molar-refractivity contribution >= 4 is 34.3 Å². The fraction of sp³-hybridized carbons (Fsp3) is 0.393. The Hall–Kier alpha value is -3.39. The normalized spacial score (nSPS) is 12.9. The lowest BCUT2D eigenvalue weighted by atomic mass is 9.95. The highest BCUT2D eigenvalue weighted by Gasteiger charge is 2.19. The average Bonchev–Trinajstić information content (AvgIpc) is 3.50. The number of thiazole rings is 1. The molecule has 188 valence electrons. The quantitative estimate of drug-likeness (QED) is 0.340. The topological polar surface area (TPSA) is 82.3 Å². The zero-order valence-corrected chi connectivity index (χ0v) is 22.5. The predicted molar refractivity (Wildman–Crippen MR) is 149 cm³/mol. The lowest BCUT2D eigenvalue weighted by Gasteiger charge is -2.31. The van der Waals surface area contributed by atoms with E-state index in [4.69, 9.17) is 0 Å². The van der Waals surface area contributed by atoms with Gasteiger partial charge in [0.1, 0.15) is 6.54 Å². The summed E-state index contributed by atoms with van der Waals surface area (Å²) in [6.45, 7) is 13.1. The van der Waals surface area contributed by atoms with Gasteiger partial charge in [-0.1, -0.05) is 58.0 Å². The monoisotopic (exact) mass is 502 g/mol. The third kappa shape index (κ3) is 6.43. The van der Waals surface area contributed by atoms with E-state index in [-0.39, 0.29) is 12.3 Å². The summed E-state index contributed by atoms with van der Waals surface area (Å²) in [5.74, 6) is 0.899. The number of rotatable bonds is 10. The number of aryl methyl sites for hydroxylation is 1. The maximum atomic E-state index is 13.1. The number of nitrogens with zero attached hydrogens (tertiary/aromatic N) is 5. The molecule has 1 N–H and O–H groups in total. The molecule has 0 bridgehead atoms. The second-order valence-electron chi connectivity index (χ2n) is 9.99. The van der Waals surface area contributed by atoms with Crippen LogP contribution in [0.4, 0.5) is 11.4 Å². The van der Waals surface area contributed by atoms with Crippen molar-refractivity contribution in [1.82, 2.24) is 4.98 Å². The first kappa shape index (κ1) is 25.7. The van der Waals surface area contributed by atoms with Crippen molar-refractivity contribution < 1.29 is 4.79 Å². The van der Waals surface area contributed by atoms with Crippen LogP contribution in [-0.4, -0.2) is 36.2 Å². The number of aromatic nitrogens is 1. The smallest absolute Gasteiger partial charge is 0.230 e.